The lowest BCUT2D eigenvalue weighted by Crippen LogP contribution is -2.21. The third-order valence-electron chi connectivity index (χ3n) is 5.07. The molecule has 31 heavy (non-hydrogen) atoms. The summed E-state index contributed by atoms with van der Waals surface area (Å²) in [6, 6.07) is 9.53. The maximum absolute atomic E-state index is 13.2. The minimum absolute atomic E-state index is 0.110. The molecule has 0 aliphatic carbocycles. The van der Waals surface area contributed by atoms with Crippen LogP contribution in [0.3, 0.4) is 0 Å². The van der Waals surface area contributed by atoms with Gasteiger partial charge in [-0.3, -0.25) is 9.36 Å². The van der Waals surface area contributed by atoms with Crippen LogP contribution in [0.4, 0.5) is 0 Å². The Bertz CT molecular complexity index is 1480. The third-order valence-corrected chi connectivity index (χ3v) is 7.12. The molecule has 1 aromatic carbocycles. The van der Waals surface area contributed by atoms with Gasteiger partial charge in [0.25, 0.3) is 11.4 Å². The summed E-state index contributed by atoms with van der Waals surface area (Å²) in [7, 11) is 0. The smallest absolute Gasteiger partial charge is 0.268 e. The number of ether oxygens (including phenoxy) is 2. The molecule has 4 aromatic heterocycles. The molecule has 0 spiro atoms. The van der Waals surface area contributed by atoms with Crippen molar-refractivity contribution in [2.75, 3.05) is 6.79 Å². The van der Waals surface area contributed by atoms with Gasteiger partial charge in [-0.05, 0) is 41.6 Å². The first-order valence-corrected chi connectivity index (χ1v) is 11.1. The van der Waals surface area contributed by atoms with Crippen molar-refractivity contribution in [3.05, 3.63) is 63.5 Å². The van der Waals surface area contributed by atoms with Crippen LogP contribution in [0.2, 0.25) is 0 Å². The van der Waals surface area contributed by atoms with Gasteiger partial charge in [0.2, 0.25) is 12.6 Å². The Hall–Kier alpha value is -3.50. The molecule has 10 heteroatoms. The van der Waals surface area contributed by atoms with Crippen LogP contribution in [0.15, 0.2) is 51.4 Å². The predicted molar refractivity (Wildman–Crippen MR) is 117 cm³/mol. The lowest BCUT2D eigenvalue weighted by molar-refractivity contribution is 0.174. The molecule has 0 fully saturated rings. The average Bonchev–Trinajstić information content (AvgIpc) is 3.56. The molecule has 0 bridgehead atoms. The molecule has 1 aliphatic rings. The first-order valence-electron chi connectivity index (χ1n) is 9.42. The molecule has 0 unspecified atom stereocenters. The zero-order valence-electron chi connectivity index (χ0n) is 16.2. The van der Waals surface area contributed by atoms with Crippen LogP contribution in [0.1, 0.15) is 11.1 Å². The van der Waals surface area contributed by atoms with Gasteiger partial charge in [-0.25, -0.2) is 4.98 Å². The van der Waals surface area contributed by atoms with Gasteiger partial charge in [-0.1, -0.05) is 17.3 Å². The van der Waals surface area contributed by atoms with E-state index in [4.69, 9.17) is 14.0 Å². The Morgan fingerprint density at radius 2 is 2.10 bits per heavy atom. The van der Waals surface area contributed by atoms with E-state index in [-0.39, 0.29) is 12.4 Å². The molecule has 0 saturated heterocycles. The zero-order valence-corrected chi connectivity index (χ0v) is 17.8. The standard InChI is InChI=1S/C21H14N4O4S2/c1-11-16-20(31-17(11)19-23-18(24-29-19)15-3-2-6-30-15)22-9-25(21(16)26)8-12-4-5-13-14(7-12)28-10-27-13/h2-7,9H,8,10H2,1H3. The first kappa shape index (κ1) is 18.3. The molecule has 8 nitrogen and oxygen atoms in total. The quantitative estimate of drug-likeness (QED) is 0.403. The number of aryl methyl sites for hydroxylation is 1. The molecule has 0 atom stereocenters. The van der Waals surface area contributed by atoms with Crippen LogP contribution in [0, 0.1) is 6.92 Å². The third kappa shape index (κ3) is 3.03. The molecule has 0 saturated carbocycles. The van der Waals surface area contributed by atoms with Gasteiger partial charge >= 0.3 is 0 Å². The van der Waals surface area contributed by atoms with E-state index in [1.54, 1.807) is 22.2 Å². The number of thiophene rings is 2. The van der Waals surface area contributed by atoms with Gasteiger partial charge in [-0.2, -0.15) is 4.98 Å². The second-order valence-corrected chi connectivity index (χ2v) is 8.95. The second-order valence-electron chi connectivity index (χ2n) is 7.00. The minimum atomic E-state index is -0.110. The van der Waals surface area contributed by atoms with Crippen LogP contribution in [-0.4, -0.2) is 26.5 Å². The van der Waals surface area contributed by atoms with Crippen LogP contribution in [-0.2, 0) is 6.54 Å². The Kier molecular flexibility index (Phi) is 4.15. The summed E-state index contributed by atoms with van der Waals surface area (Å²) in [4.78, 5) is 24.6. The van der Waals surface area contributed by atoms with E-state index in [1.807, 2.05) is 42.6 Å². The Balaban J connectivity index is 1.38. The van der Waals surface area contributed by atoms with E-state index in [0.717, 1.165) is 20.9 Å². The summed E-state index contributed by atoms with van der Waals surface area (Å²) in [5.74, 6) is 2.33. The van der Waals surface area contributed by atoms with Crippen LogP contribution in [0.5, 0.6) is 11.5 Å². The fraction of sp³-hybridized carbons (Fsp3) is 0.143. The van der Waals surface area contributed by atoms with Gasteiger partial charge in [0.15, 0.2) is 11.5 Å². The molecular formula is C21H14N4O4S2. The number of nitrogens with zero attached hydrogens (tertiary/aromatic N) is 4. The molecule has 6 rings (SSSR count). The van der Waals surface area contributed by atoms with Gasteiger partial charge in [-0.15, -0.1) is 22.7 Å². The summed E-state index contributed by atoms with van der Waals surface area (Å²) in [6.07, 6.45) is 1.57. The molecule has 0 radical (unpaired) electrons. The van der Waals surface area contributed by atoms with Crippen LogP contribution in [0.25, 0.3) is 31.7 Å². The Morgan fingerprint density at radius 3 is 2.97 bits per heavy atom. The van der Waals surface area contributed by atoms with Crippen molar-refractivity contribution in [2.24, 2.45) is 0 Å². The molecular weight excluding hydrogens is 436 g/mol. The molecule has 0 amide bonds. The van der Waals surface area contributed by atoms with Gasteiger partial charge in [0, 0.05) is 0 Å². The van der Waals surface area contributed by atoms with Crippen molar-refractivity contribution < 1.29 is 14.0 Å². The minimum Gasteiger partial charge on any atom is -0.454 e. The number of benzene rings is 1. The predicted octanol–water partition coefficient (Wildman–Crippen LogP) is 4.32. The van der Waals surface area contributed by atoms with Crippen molar-refractivity contribution in [3.8, 4) is 33.0 Å². The average molecular weight is 451 g/mol. The molecule has 5 aromatic rings. The number of aromatic nitrogens is 4. The van der Waals surface area contributed by atoms with Crippen molar-refractivity contribution in [2.45, 2.75) is 13.5 Å². The van der Waals surface area contributed by atoms with Crippen molar-refractivity contribution in [1.29, 1.82) is 0 Å². The zero-order chi connectivity index (χ0) is 20.9. The summed E-state index contributed by atoms with van der Waals surface area (Å²) < 4.78 is 17.9. The first-order chi connectivity index (χ1) is 15.2. The summed E-state index contributed by atoms with van der Waals surface area (Å²) in [6.45, 7) is 2.48. The van der Waals surface area contributed by atoms with E-state index in [1.165, 1.54) is 11.3 Å². The Morgan fingerprint density at radius 1 is 1.19 bits per heavy atom. The normalized spacial score (nSPS) is 12.7. The highest BCUT2D eigenvalue weighted by atomic mass is 32.1. The van der Waals surface area contributed by atoms with Gasteiger partial charge < -0.3 is 14.0 Å². The van der Waals surface area contributed by atoms with Crippen molar-refractivity contribution in [1.82, 2.24) is 19.7 Å². The number of fused-ring (bicyclic) bond motifs is 2. The second kappa shape index (κ2) is 7.03. The number of rotatable bonds is 4. The monoisotopic (exact) mass is 450 g/mol. The van der Waals surface area contributed by atoms with E-state index >= 15 is 0 Å². The van der Waals surface area contributed by atoms with Gasteiger partial charge in [0.05, 0.1) is 28.0 Å². The number of hydrogen-bond donors (Lipinski definition) is 0. The summed E-state index contributed by atoms with van der Waals surface area (Å²) >= 11 is 2.92. The topological polar surface area (TPSA) is 92.3 Å². The fourth-order valence-corrected chi connectivity index (χ4v) is 5.24. The maximum atomic E-state index is 13.2. The number of hydrogen-bond acceptors (Lipinski definition) is 9. The highest BCUT2D eigenvalue weighted by Gasteiger charge is 2.21. The maximum Gasteiger partial charge on any atom is 0.268 e. The Labute approximate surface area is 183 Å². The molecule has 1 aliphatic heterocycles. The van der Waals surface area contributed by atoms with Crippen molar-refractivity contribution in [3.63, 3.8) is 0 Å². The lowest BCUT2D eigenvalue weighted by Gasteiger charge is -2.06. The van der Waals surface area contributed by atoms with Gasteiger partial charge in [0.1, 0.15) is 4.83 Å². The van der Waals surface area contributed by atoms with E-state index in [0.29, 0.717) is 40.0 Å². The highest BCUT2D eigenvalue weighted by molar-refractivity contribution is 7.22. The van der Waals surface area contributed by atoms with E-state index in [9.17, 15) is 4.79 Å². The molecule has 0 N–H and O–H groups in total. The van der Waals surface area contributed by atoms with Crippen molar-refractivity contribution >= 4 is 32.9 Å². The highest BCUT2D eigenvalue weighted by Crippen LogP contribution is 2.36. The molecule has 154 valence electrons. The van der Waals surface area contributed by atoms with E-state index < -0.39 is 0 Å². The SMILES string of the molecule is Cc1c(-c2nc(-c3cccs3)no2)sc2ncn(Cc3ccc4c(c3)OCO4)c(=O)c12. The molecule has 5 heterocycles. The summed E-state index contributed by atoms with van der Waals surface area (Å²) in [5, 5.41) is 6.61. The van der Waals surface area contributed by atoms with Crippen LogP contribution < -0.4 is 15.0 Å². The van der Waals surface area contributed by atoms with Crippen LogP contribution >= 0.6 is 22.7 Å². The lowest BCUT2D eigenvalue weighted by atomic mass is 10.2. The fourth-order valence-electron chi connectivity index (χ4n) is 3.53. The largest absolute Gasteiger partial charge is 0.454 e. The summed E-state index contributed by atoms with van der Waals surface area (Å²) in [5.41, 5.74) is 1.61. The van der Waals surface area contributed by atoms with E-state index in [2.05, 4.69) is 15.1 Å².